The SMILES string of the molecule is Cc1c(CCBr)cccc1C(=O)O. The van der Waals surface area contributed by atoms with Crippen LogP contribution in [0.25, 0.3) is 0 Å². The van der Waals surface area contributed by atoms with E-state index in [1.165, 1.54) is 0 Å². The van der Waals surface area contributed by atoms with Crippen LogP contribution in [0.4, 0.5) is 0 Å². The number of carbonyl (C=O) groups is 1. The van der Waals surface area contributed by atoms with Crippen molar-refractivity contribution in [3.63, 3.8) is 0 Å². The summed E-state index contributed by atoms with van der Waals surface area (Å²) in [5.41, 5.74) is 2.37. The number of halogens is 1. The van der Waals surface area contributed by atoms with Crippen molar-refractivity contribution >= 4 is 21.9 Å². The van der Waals surface area contributed by atoms with Crippen molar-refractivity contribution in [1.82, 2.24) is 0 Å². The van der Waals surface area contributed by atoms with Gasteiger partial charge in [-0.25, -0.2) is 4.79 Å². The first-order chi connectivity index (χ1) is 6.16. The molecule has 0 spiro atoms. The number of alkyl halides is 1. The zero-order valence-corrected chi connectivity index (χ0v) is 8.97. The number of hydrogen-bond acceptors (Lipinski definition) is 1. The lowest BCUT2D eigenvalue weighted by molar-refractivity contribution is 0.0696. The summed E-state index contributed by atoms with van der Waals surface area (Å²) in [6.07, 6.45) is 0.868. The van der Waals surface area contributed by atoms with Gasteiger partial charge in [-0.3, -0.25) is 0 Å². The van der Waals surface area contributed by atoms with Crippen molar-refractivity contribution in [3.05, 3.63) is 34.9 Å². The molecule has 13 heavy (non-hydrogen) atoms. The lowest BCUT2D eigenvalue weighted by Crippen LogP contribution is -2.02. The Balaban J connectivity index is 3.10. The molecule has 2 nitrogen and oxygen atoms in total. The molecule has 1 N–H and O–H groups in total. The largest absolute Gasteiger partial charge is 0.478 e. The molecule has 0 aliphatic rings. The number of aryl methyl sites for hydroxylation is 1. The second-order valence-corrected chi connectivity index (χ2v) is 3.63. The first-order valence-corrected chi connectivity index (χ1v) is 5.16. The van der Waals surface area contributed by atoms with Gasteiger partial charge in [-0.15, -0.1) is 0 Å². The summed E-state index contributed by atoms with van der Waals surface area (Å²) in [5, 5.41) is 9.70. The van der Waals surface area contributed by atoms with Gasteiger partial charge in [0.25, 0.3) is 0 Å². The molecule has 0 radical (unpaired) electrons. The van der Waals surface area contributed by atoms with Crippen molar-refractivity contribution in [3.8, 4) is 0 Å². The second-order valence-electron chi connectivity index (χ2n) is 2.83. The van der Waals surface area contributed by atoms with E-state index in [4.69, 9.17) is 5.11 Å². The van der Waals surface area contributed by atoms with E-state index in [-0.39, 0.29) is 0 Å². The molecule has 0 amide bonds. The normalized spacial score (nSPS) is 10.0. The molecule has 1 aromatic rings. The molecule has 1 rings (SSSR count). The molecule has 0 saturated carbocycles. The van der Waals surface area contributed by atoms with E-state index in [2.05, 4.69) is 15.9 Å². The standard InChI is InChI=1S/C10H11BrO2/c1-7-8(5-6-11)3-2-4-9(7)10(12)13/h2-4H,5-6H2,1H3,(H,12,13). The molecule has 0 unspecified atom stereocenters. The quantitative estimate of drug-likeness (QED) is 0.828. The zero-order chi connectivity index (χ0) is 9.84. The predicted octanol–water partition coefficient (Wildman–Crippen LogP) is 2.63. The molecule has 0 atom stereocenters. The van der Waals surface area contributed by atoms with Gasteiger partial charge < -0.3 is 5.11 Å². The third-order valence-corrected chi connectivity index (χ3v) is 2.44. The van der Waals surface area contributed by atoms with E-state index >= 15 is 0 Å². The van der Waals surface area contributed by atoms with Gasteiger partial charge in [-0.05, 0) is 30.5 Å². The van der Waals surface area contributed by atoms with Crippen molar-refractivity contribution < 1.29 is 9.90 Å². The lowest BCUT2D eigenvalue weighted by atomic mass is 10.0. The smallest absolute Gasteiger partial charge is 0.335 e. The van der Waals surface area contributed by atoms with Crippen LogP contribution in [-0.4, -0.2) is 16.4 Å². The zero-order valence-electron chi connectivity index (χ0n) is 7.38. The number of benzene rings is 1. The molecule has 0 aliphatic heterocycles. The summed E-state index contributed by atoms with van der Waals surface area (Å²) >= 11 is 3.33. The molecule has 0 fully saturated rings. The Morgan fingerprint density at radius 1 is 1.54 bits per heavy atom. The minimum absolute atomic E-state index is 0.401. The van der Waals surface area contributed by atoms with Gasteiger partial charge in [0.1, 0.15) is 0 Å². The van der Waals surface area contributed by atoms with Gasteiger partial charge in [-0.1, -0.05) is 28.1 Å². The minimum Gasteiger partial charge on any atom is -0.478 e. The van der Waals surface area contributed by atoms with Crippen LogP contribution in [0.5, 0.6) is 0 Å². The minimum atomic E-state index is -0.853. The van der Waals surface area contributed by atoms with Crippen LogP contribution in [0, 0.1) is 6.92 Å². The van der Waals surface area contributed by atoms with Gasteiger partial charge in [0.15, 0.2) is 0 Å². The second kappa shape index (κ2) is 4.42. The summed E-state index contributed by atoms with van der Waals surface area (Å²) in [6, 6.07) is 5.38. The Hall–Kier alpha value is -0.830. The molecular formula is C10H11BrO2. The third-order valence-electron chi connectivity index (χ3n) is 2.04. The molecule has 0 heterocycles. The fourth-order valence-corrected chi connectivity index (χ4v) is 1.71. The van der Waals surface area contributed by atoms with Gasteiger partial charge in [-0.2, -0.15) is 0 Å². The maximum atomic E-state index is 10.8. The Morgan fingerprint density at radius 3 is 2.77 bits per heavy atom. The van der Waals surface area contributed by atoms with Crippen molar-refractivity contribution in [2.24, 2.45) is 0 Å². The van der Waals surface area contributed by atoms with Crippen molar-refractivity contribution in [2.75, 3.05) is 5.33 Å². The molecule has 0 bridgehead atoms. The first kappa shape index (κ1) is 10.3. The molecule has 3 heteroatoms. The number of carboxylic acids is 1. The monoisotopic (exact) mass is 242 g/mol. The van der Waals surface area contributed by atoms with E-state index in [0.29, 0.717) is 5.56 Å². The summed E-state index contributed by atoms with van der Waals surface area (Å²) in [7, 11) is 0. The summed E-state index contributed by atoms with van der Waals surface area (Å²) < 4.78 is 0. The number of aromatic carboxylic acids is 1. The van der Waals surface area contributed by atoms with Crippen molar-refractivity contribution in [1.29, 1.82) is 0 Å². The van der Waals surface area contributed by atoms with Gasteiger partial charge in [0.2, 0.25) is 0 Å². The fourth-order valence-electron chi connectivity index (χ4n) is 1.29. The van der Waals surface area contributed by atoms with Crippen LogP contribution in [0.1, 0.15) is 21.5 Å². The number of hydrogen-bond donors (Lipinski definition) is 1. The van der Waals surface area contributed by atoms with Crippen LogP contribution in [0.15, 0.2) is 18.2 Å². The van der Waals surface area contributed by atoms with Crippen LogP contribution in [0.3, 0.4) is 0 Å². The van der Waals surface area contributed by atoms with Crippen LogP contribution in [0.2, 0.25) is 0 Å². The Labute approximate surface area is 85.7 Å². The molecule has 70 valence electrons. The topological polar surface area (TPSA) is 37.3 Å². The fraction of sp³-hybridized carbons (Fsp3) is 0.300. The summed E-state index contributed by atoms with van der Waals surface area (Å²) in [6.45, 7) is 1.85. The molecule has 0 aromatic heterocycles. The highest BCUT2D eigenvalue weighted by Gasteiger charge is 2.08. The Morgan fingerprint density at radius 2 is 2.23 bits per heavy atom. The summed E-state index contributed by atoms with van der Waals surface area (Å²) in [5.74, 6) is -0.853. The molecule has 0 aliphatic carbocycles. The Kier molecular flexibility index (Phi) is 3.48. The molecule has 0 saturated heterocycles. The lowest BCUT2D eigenvalue weighted by Gasteiger charge is -2.06. The average Bonchev–Trinajstić information content (AvgIpc) is 2.08. The third kappa shape index (κ3) is 2.31. The van der Waals surface area contributed by atoms with Gasteiger partial charge in [0.05, 0.1) is 5.56 Å². The van der Waals surface area contributed by atoms with E-state index in [1.807, 2.05) is 13.0 Å². The van der Waals surface area contributed by atoms with Gasteiger partial charge >= 0.3 is 5.97 Å². The first-order valence-electron chi connectivity index (χ1n) is 4.04. The van der Waals surface area contributed by atoms with E-state index in [9.17, 15) is 4.79 Å². The number of rotatable bonds is 3. The van der Waals surface area contributed by atoms with Gasteiger partial charge in [0, 0.05) is 5.33 Å². The maximum Gasteiger partial charge on any atom is 0.335 e. The van der Waals surface area contributed by atoms with E-state index in [0.717, 1.165) is 22.9 Å². The van der Waals surface area contributed by atoms with Crippen LogP contribution < -0.4 is 0 Å². The summed E-state index contributed by atoms with van der Waals surface area (Å²) in [4.78, 5) is 10.8. The average molecular weight is 243 g/mol. The van der Waals surface area contributed by atoms with E-state index < -0.39 is 5.97 Å². The van der Waals surface area contributed by atoms with Crippen molar-refractivity contribution in [2.45, 2.75) is 13.3 Å². The van der Waals surface area contributed by atoms with E-state index in [1.54, 1.807) is 12.1 Å². The van der Waals surface area contributed by atoms with Crippen LogP contribution in [-0.2, 0) is 6.42 Å². The molecular weight excluding hydrogens is 232 g/mol. The highest BCUT2D eigenvalue weighted by Crippen LogP contribution is 2.14. The molecule has 1 aromatic carbocycles. The van der Waals surface area contributed by atoms with Crippen LogP contribution >= 0.6 is 15.9 Å². The maximum absolute atomic E-state index is 10.8. The highest BCUT2D eigenvalue weighted by molar-refractivity contribution is 9.09. The highest BCUT2D eigenvalue weighted by atomic mass is 79.9. The predicted molar refractivity (Wildman–Crippen MR) is 55.6 cm³/mol. The number of carboxylic acid groups (broad SMARTS) is 1. The Bertz CT molecular complexity index is 321.